The van der Waals surface area contributed by atoms with Crippen LogP contribution in [0.5, 0.6) is 0 Å². The summed E-state index contributed by atoms with van der Waals surface area (Å²) >= 11 is 0. The van der Waals surface area contributed by atoms with E-state index in [1.165, 1.54) is 0 Å². The molecule has 0 spiro atoms. The van der Waals surface area contributed by atoms with Crippen LogP contribution < -0.4 is 0 Å². The highest BCUT2D eigenvalue weighted by Crippen LogP contribution is 2.01. The second-order valence-corrected chi connectivity index (χ2v) is 2.77. The first-order valence-electron chi connectivity index (χ1n) is 4.86. The van der Waals surface area contributed by atoms with Gasteiger partial charge >= 0.3 is 0 Å². The molecule has 2 unspecified atom stereocenters. The molecule has 0 amide bonds. The van der Waals surface area contributed by atoms with Crippen LogP contribution in [0.3, 0.4) is 0 Å². The van der Waals surface area contributed by atoms with Crippen LogP contribution in [0.25, 0.3) is 0 Å². The van der Waals surface area contributed by atoms with E-state index in [0.717, 1.165) is 6.61 Å². The fourth-order valence-electron chi connectivity index (χ4n) is 0.908. The lowest BCUT2D eigenvalue weighted by molar-refractivity contribution is -0.0543. The van der Waals surface area contributed by atoms with Gasteiger partial charge in [0.05, 0.1) is 25.4 Å². The molecular weight excluding hydrogens is 168 g/mol. The Hall–Kier alpha value is -0.120. The van der Waals surface area contributed by atoms with Crippen LogP contribution >= 0.6 is 0 Å². The van der Waals surface area contributed by atoms with E-state index in [1.807, 2.05) is 20.8 Å². The van der Waals surface area contributed by atoms with Crippen molar-refractivity contribution in [3.63, 3.8) is 0 Å². The summed E-state index contributed by atoms with van der Waals surface area (Å²) in [5, 5.41) is 0. The lowest BCUT2D eigenvalue weighted by Crippen LogP contribution is -2.27. The monoisotopic (exact) mass is 189 g/mol. The molecule has 0 rings (SSSR count). The van der Waals surface area contributed by atoms with Gasteiger partial charge in [-0.2, -0.15) is 0 Å². The standard InChI is InChI=1S/C10H21O3/c1-5-11-7-8-13-10(4)9(3)12-6-2/h9-10H,4-8H2,1-3H3. The zero-order valence-corrected chi connectivity index (χ0v) is 8.91. The zero-order valence-electron chi connectivity index (χ0n) is 8.91. The maximum Gasteiger partial charge on any atom is 0.0836 e. The van der Waals surface area contributed by atoms with Crippen molar-refractivity contribution in [1.82, 2.24) is 0 Å². The van der Waals surface area contributed by atoms with E-state index in [0.29, 0.717) is 19.8 Å². The number of rotatable bonds is 8. The first-order chi connectivity index (χ1) is 6.22. The lowest BCUT2D eigenvalue weighted by atomic mass is 10.2. The fourth-order valence-corrected chi connectivity index (χ4v) is 0.908. The molecule has 0 fully saturated rings. The van der Waals surface area contributed by atoms with E-state index in [-0.39, 0.29) is 12.2 Å². The van der Waals surface area contributed by atoms with Crippen molar-refractivity contribution in [1.29, 1.82) is 0 Å². The van der Waals surface area contributed by atoms with Gasteiger partial charge in [-0.05, 0) is 27.7 Å². The third-order valence-corrected chi connectivity index (χ3v) is 1.72. The topological polar surface area (TPSA) is 27.7 Å². The predicted molar refractivity (Wildman–Crippen MR) is 52.7 cm³/mol. The highest BCUT2D eigenvalue weighted by atomic mass is 16.6. The van der Waals surface area contributed by atoms with Gasteiger partial charge in [-0.3, -0.25) is 0 Å². The molecule has 0 aliphatic carbocycles. The summed E-state index contributed by atoms with van der Waals surface area (Å²) in [6.45, 7) is 12.4. The minimum atomic E-state index is -0.111. The van der Waals surface area contributed by atoms with Crippen molar-refractivity contribution >= 4 is 0 Å². The molecule has 0 N–H and O–H groups in total. The quantitative estimate of drug-likeness (QED) is 0.544. The molecule has 0 aliphatic rings. The molecule has 3 nitrogen and oxygen atoms in total. The molecule has 0 bridgehead atoms. The second-order valence-electron chi connectivity index (χ2n) is 2.77. The number of ether oxygens (including phenoxy) is 3. The maximum absolute atomic E-state index is 5.40. The number of hydrogen-bond acceptors (Lipinski definition) is 3. The molecule has 3 heteroatoms. The Labute approximate surface area is 81.4 Å². The third-order valence-electron chi connectivity index (χ3n) is 1.72. The minimum absolute atomic E-state index is 0.0478. The van der Waals surface area contributed by atoms with Crippen molar-refractivity contribution in [3.05, 3.63) is 6.92 Å². The van der Waals surface area contributed by atoms with E-state index in [1.54, 1.807) is 0 Å². The minimum Gasteiger partial charge on any atom is -0.379 e. The van der Waals surface area contributed by atoms with Gasteiger partial charge in [-0.25, -0.2) is 0 Å². The molecule has 0 heterocycles. The lowest BCUT2D eigenvalue weighted by Gasteiger charge is -2.20. The van der Waals surface area contributed by atoms with Crippen molar-refractivity contribution in [3.8, 4) is 0 Å². The summed E-state index contributed by atoms with van der Waals surface area (Å²) in [4.78, 5) is 0. The van der Waals surface area contributed by atoms with E-state index < -0.39 is 0 Å². The molecule has 0 saturated carbocycles. The highest BCUT2D eigenvalue weighted by molar-refractivity contribution is 4.67. The Balaban J connectivity index is 3.32. The predicted octanol–water partition coefficient (Wildman–Crippen LogP) is 1.67. The molecule has 13 heavy (non-hydrogen) atoms. The Morgan fingerprint density at radius 3 is 2.31 bits per heavy atom. The Morgan fingerprint density at radius 1 is 1.08 bits per heavy atom. The largest absolute Gasteiger partial charge is 0.379 e. The maximum atomic E-state index is 5.40. The molecule has 0 aliphatic heterocycles. The summed E-state index contributed by atoms with van der Waals surface area (Å²) in [6.07, 6.45) is -0.0629. The number of hydrogen-bond donors (Lipinski definition) is 0. The van der Waals surface area contributed by atoms with Gasteiger partial charge < -0.3 is 14.2 Å². The van der Waals surface area contributed by atoms with Gasteiger partial charge in [0.15, 0.2) is 0 Å². The normalized spacial score (nSPS) is 15.7. The summed E-state index contributed by atoms with van der Waals surface area (Å²) < 4.78 is 15.9. The molecule has 0 saturated heterocycles. The fraction of sp³-hybridized carbons (Fsp3) is 0.900. The van der Waals surface area contributed by atoms with Crippen molar-refractivity contribution in [2.45, 2.75) is 33.0 Å². The molecule has 0 aromatic rings. The van der Waals surface area contributed by atoms with Gasteiger partial charge in [0.2, 0.25) is 0 Å². The second kappa shape index (κ2) is 8.48. The average Bonchev–Trinajstić information content (AvgIpc) is 2.12. The molecular formula is C10H21O3. The first kappa shape index (κ1) is 12.9. The smallest absolute Gasteiger partial charge is 0.0836 e. The first-order valence-corrected chi connectivity index (χ1v) is 4.86. The van der Waals surface area contributed by atoms with Gasteiger partial charge in [-0.15, -0.1) is 0 Å². The molecule has 0 aromatic heterocycles. The Bertz CT molecular complexity index is 106. The van der Waals surface area contributed by atoms with Gasteiger partial charge in [0.1, 0.15) is 0 Å². The van der Waals surface area contributed by atoms with E-state index in [4.69, 9.17) is 14.2 Å². The third kappa shape index (κ3) is 6.99. The van der Waals surface area contributed by atoms with E-state index in [9.17, 15) is 0 Å². The Kier molecular flexibility index (Phi) is 8.40. The van der Waals surface area contributed by atoms with Crippen LogP contribution in [0.4, 0.5) is 0 Å². The van der Waals surface area contributed by atoms with Crippen molar-refractivity contribution < 1.29 is 14.2 Å². The van der Waals surface area contributed by atoms with Crippen molar-refractivity contribution in [2.24, 2.45) is 0 Å². The van der Waals surface area contributed by atoms with Crippen LogP contribution in [-0.2, 0) is 14.2 Å². The van der Waals surface area contributed by atoms with Crippen LogP contribution in [0.1, 0.15) is 20.8 Å². The molecule has 0 aromatic carbocycles. The van der Waals surface area contributed by atoms with E-state index in [2.05, 4.69) is 6.92 Å². The van der Waals surface area contributed by atoms with E-state index >= 15 is 0 Å². The summed E-state index contributed by atoms with van der Waals surface area (Å²) in [5.74, 6) is 0. The summed E-state index contributed by atoms with van der Waals surface area (Å²) in [6, 6.07) is 0. The molecule has 1 radical (unpaired) electrons. The van der Waals surface area contributed by atoms with Crippen LogP contribution in [0.2, 0.25) is 0 Å². The Morgan fingerprint density at radius 2 is 1.77 bits per heavy atom. The zero-order chi connectivity index (χ0) is 10.1. The summed E-state index contributed by atoms with van der Waals surface area (Å²) in [7, 11) is 0. The summed E-state index contributed by atoms with van der Waals surface area (Å²) in [5.41, 5.74) is 0. The highest BCUT2D eigenvalue weighted by Gasteiger charge is 2.11. The van der Waals surface area contributed by atoms with Crippen LogP contribution in [0, 0.1) is 6.92 Å². The van der Waals surface area contributed by atoms with Crippen LogP contribution in [0.15, 0.2) is 0 Å². The van der Waals surface area contributed by atoms with Crippen molar-refractivity contribution in [2.75, 3.05) is 26.4 Å². The SMILES string of the molecule is [CH2]C(OCCOCC)C(C)OCC. The molecule has 2 atom stereocenters. The van der Waals surface area contributed by atoms with Gasteiger partial charge in [-0.1, -0.05) is 0 Å². The van der Waals surface area contributed by atoms with Gasteiger partial charge in [0.25, 0.3) is 0 Å². The van der Waals surface area contributed by atoms with Gasteiger partial charge in [0, 0.05) is 13.2 Å². The van der Waals surface area contributed by atoms with Crippen LogP contribution in [-0.4, -0.2) is 38.6 Å². The molecule has 79 valence electrons. The average molecular weight is 189 g/mol.